The van der Waals surface area contributed by atoms with Crippen LogP contribution in [0.1, 0.15) is 24.9 Å². The van der Waals surface area contributed by atoms with E-state index in [0.29, 0.717) is 24.4 Å². The zero-order valence-electron chi connectivity index (χ0n) is 17.8. The van der Waals surface area contributed by atoms with E-state index in [1.165, 1.54) is 23.1 Å². The van der Waals surface area contributed by atoms with Gasteiger partial charge in [-0.3, -0.25) is 9.78 Å². The monoisotopic (exact) mass is 448 g/mol. The number of rotatable bonds is 8. The molecular weight excluding hydrogens is 425 g/mol. The molecule has 11 heteroatoms. The topological polar surface area (TPSA) is 85.2 Å². The molecule has 170 valence electrons. The fraction of sp³-hybridized carbons (Fsp3) is 0.333. The van der Waals surface area contributed by atoms with Crippen LogP contribution < -0.4 is 10.1 Å². The Kier molecular flexibility index (Phi) is 6.96. The van der Waals surface area contributed by atoms with Crippen LogP contribution in [-0.2, 0) is 17.6 Å². The molecule has 2 heterocycles. The number of anilines is 2. The van der Waals surface area contributed by atoms with Crippen LogP contribution in [-0.4, -0.2) is 51.0 Å². The number of hydrogen-bond donors (Lipinski definition) is 1. The molecule has 0 aliphatic carbocycles. The van der Waals surface area contributed by atoms with E-state index in [1.54, 1.807) is 37.1 Å². The van der Waals surface area contributed by atoms with E-state index in [2.05, 4.69) is 25.1 Å². The smallest absolute Gasteiger partial charge is 0.406 e. The van der Waals surface area contributed by atoms with Gasteiger partial charge < -0.3 is 15.0 Å². The zero-order valence-corrected chi connectivity index (χ0v) is 17.8. The number of aromatic nitrogens is 4. The highest BCUT2D eigenvalue weighted by atomic mass is 19.4. The Balaban J connectivity index is 1.92. The molecule has 3 rings (SSSR count). The van der Waals surface area contributed by atoms with Crippen LogP contribution in [0.15, 0.2) is 42.6 Å². The van der Waals surface area contributed by atoms with Gasteiger partial charge in [0.2, 0.25) is 11.9 Å². The number of hydrogen-bond acceptors (Lipinski definition) is 6. The van der Waals surface area contributed by atoms with E-state index >= 15 is 0 Å². The standard InChI is InChI=1S/C21H23F3N6O2/c1-4-16-17(9-6-12-25-16)30-18(10-11-19(31)29(2)3)27-20(28-30)26-14-7-5-8-15(13-14)32-21(22,23)24/h5-9,12-13H,4,10-11H2,1-3H3,(H,26,28). The molecule has 1 aromatic carbocycles. The third kappa shape index (κ3) is 5.96. The van der Waals surface area contributed by atoms with Crippen molar-refractivity contribution in [3.63, 3.8) is 0 Å². The Morgan fingerprint density at radius 2 is 2.00 bits per heavy atom. The molecule has 2 aromatic heterocycles. The average Bonchev–Trinajstić information content (AvgIpc) is 3.13. The Labute approximate surface area is 183 Å². The third-order valence-electron chi connectivity index (χ3n) is 4.49. The summed E-state index contributed by atoms with van der Waals surface area (Å²) >= 11 is 0. The molecule has 0 saturated carbocycles. The summed E-state index contributed by atoms with van der Waals surface area (Å²) in [6.07, 6.45) is -1.91. The minimum absolute atomic E-state index is 0.0621. The molecule has 3 aromatic rings. The fourth-order valence-electron chi connectivity index (χ4n) is 2.99. The van der Waals surface area contributed by atoms with Crippen LogP contribution in [0.4, 0.5) is 24.8 Å². The van der Waals surface area contributed by atoms with E-state index in [1.807, 2.05) is 13.0 Å². The quantitative estimate of drug-likeness (QED) is 0.563. The van der Waals surface area contributed by atoms with Crippen LogP contribution in [0, 0.1) is 0 Å². The van der Waals surface area contributed by atoms with Crippen molar-refractivity contribution in [1.82, 2.24) is 24.6 Å². The maximum atomic E-state index is 12.5. The number of nitrogens with zero attached hydrogens (tertiary/aromatic N) is 5. The number of aryl methyl sites for hydroxylation is 2. The molecule has 0 bridgehead atoms. The molecule has 0 fully saturated rings. The molecule has 1 N–H and O–H groups in total. The average molecular weight is 448 g/mol. The van der Waals surface area contributed by atoms with Gasteiger partial charge in [-0.2, -0.15) is 4.98 Å². The predicted molar refractivity (Wildman–Crippen MR) is 112 cm³/mol. The fourth-order valence-corrected chi connectivity index (χ4v) is 2.99. The maximum absolute atomic E-state index is 12.5. The first-order chi connectivity index (χ1) is 15.2. The summed E-state index contributed by atoms with van der Waals surface area (Å²) in [5.74, 6) is 0.271. The number of ether oxygens (including phenoxy) is 1. The number of halogens is 3. The summed E-state index contributed by atoms with van der Waals surface area (Å²) in [5, 5.41) is 7.38. The normalized spacial score (nSPS) is 11.3. The lowest BCUT2D eigenvalue weighted by molar-refractivity contribution is -0.274. The molecule has 0 radical (unpaired) electrons. The lowest BCUT2D eigenvalue weighted by Gasteiger charge is -2.11. The third-order valence-corrected chi connectivity index (χ3v) is 4.49. The van der Waals surface area contributed by atoms with E-state index in [4.69, 9.17) is 0 Å². The number of alkyl halides is 3. The second kappa shape index (κ2) is 9.67. The molecule has 0 aliphatic heterocycles. The van der Waals surface area contributed by atoms with Crippen molar-refractivity contribution in [3.8, 4) is 11.4 Å². The number of carbonyl (C=O) groups excluding carboxylic acids is 1. The van der Waals surface area contributed by atoms with Crippen molar-refractivity contribution >= 4 is 17.5 Å². The van der Waals surface area contributed by atoms with Crippen LogP contribution in [0.2, 0.25) is 0 Å². The summed E-state index contributed by atoms with van der Waals surface area (Å²) < 4.78 is 43.1. The summed E-state index contributed by atoms with van der Waals surface area (Å²) in [6, 6.07) is 9.01. The van der Waals surface area contributed by atoms with Crippen molar-refractivity contribution in [1.29, 1.82) is 0 Å². The van der Waals surface area contributed by atoms with Gasteiger partial charge in [-0.1, -0.05) is 13.0 Å². The Morgan fingerprint density at radius 1 is 1.22 bits per heavy atom. The van der Waals surface area contributed by atoms with Gasteiger partial charge in [0, 0.05) is 44.9 Å². The van der Waals surface area contributed by atoms with E-state index < -0.39 is 6.36 Å². The summed E-state index contributed by atoms with van der Waals surface area (Å²) in [4.78, 5) is 22.4. The Hall–Kier alpha value is -3.63. The van der Waals surface area contributed by atoms with Gasteiger partial charge >= 0.3 is 6.36 Å². The van der Waals surface area contributed by atoms with Gasteiger partial charge in [0.1, 0.15) is 11.6 Å². The molecule has 0 saturated heterocycles. The van der Waals surface area contributed by atoms with E-state index in [0.717, 1.165) is 11.4 Å². The SMILES string of the molecule is CCc1ncccc1-n1nc(Nc2cccc(OC(F)(F)F)c2)nc1CCC(=O)N(C)C. The molecule has 0 atom stereocenters. The summed E-state index contributed by atoms with van der Waals surface area (Å²) in [7, 11) is 3.35. The number of amides is 1. The largest absolute Gasteiger partial charge is 0.573 e. The second-order valence-corrected chi connectivity index (χ2v) is 7.08. The predicted octanol–water partition coefficient (Wildman–Crippen LogP) is 3.89. The van der Waals surface area contributed by atoms with Gasteiger partial charge in [-0.25, -0.2) is 4.68 Å². The molecule has 1 amide bonds. The highest BCUT2D eigenvalue weighted by Gasteiger charge is 2.31. The van der Waals surface area contributed by atoms with Crippen molar-refractivity contribution < 1.29 is 22.7 Å². The van der Waals surface area contributed by atoms with Crippen LogP contribution in [0.3, 0.4) is 0 Å². The van der Waals surface area contributed by atoms with Crippen LogP contribution >= 0.6 is 0 Å². The Bertz CT molecular complexity index is 1080. The number of pyridine rings is 1. The molecule has 0 spiro atoms. The van der Waals surface area contributed by atoms with Crippen molar-refractivity contribution in [2.24, 2.45) is 0 Å². The lowest BCUT2D eigenvalue weighted by Crippen LogP contribution is -2.22. The molecule has 0 unspecified atom stereocenters. The summed E-state index contributed by atoms with van der Waals surface area (Å²) in [6.45, 7) is 1.96. The first-order valence-electron chi connectivity index (χ1n) is 9.89. The van der Waals surface area contributed by atoms with Crippen molar-refractivity contribution in [3.05, 3.63) is 54.1 Å². The van der Waals surface area contributed by atoms with Crippen molar-refractivity contribution in [2.75, 3.05) is 19.4 Å². The van der Waals surface area contributed by atoms with Gasteiger partial charge in [0.05, 0.1) is 11.4 Å². The lowest BCUT2D eigenvalue weighted by atomic mass is 10.2. The minimum atomic E-state index is -4.79. The molecule has 0 aliphatic rings. The Morgan fingerprint density at radius 3 is 2.69 bits per heavy atom. The van der Waals surface area contributed by atoms with Gasteiger partial charge in [-0.05, 0) is 30.7 Å². The number of nitrogens with one attached hydrogen (secondary N) is 1. The highest BCUT2D eigenvalue weighted by Crippen LogP contribution is 2.26. The number of benzene rings is 1. The maximum Gasteiger partial charge on any atom is 0.573 e. The van der Waals surface area contributed by atoms with Crippen molar-refractivity contribution in [2.45, 2.75) is 32.5 Å². The first-order valence-corrected chi connectivity index (χ1v) is 9.89. The zero-order chi connectivity index (χ0) is 23.3. The molecule has 32 heavy (non-hydrogen) atoms. The molecule has 8 nitrogen and oxygen atoms in total. The van der Waals surface area contributed by atoms with E-state index in [9.17, 15) is 18.0 Å². The summed E-state index contributed by atoms with van der Waals surface area (Å²) in [5.41, 5.74) is 1.84. The van der Waals surface area contributed by atoms with Crippen LogP contribution in [0.25, 0.3) is 5.69 Å². The second-order valence-electron chi connectivity index (χ2n) is 7.08. The highest BCUT2D eigenvalue weighted by molar-refractivity contribution is 5.75. The number of carbonyl (C=O) groups is 1. The van der Waals surface area contributed by atoms with Gasteiger partial charge in [0.15, 0.2) is 0 Å². The first kappa shape index (κ1) is 23.0. The van der Waals surface area contributed by atoms with Crippen LogP contribution in [0.5, 0.6) is 5.75 Å². The van der Waals surface area contributed by atoms with Gasteiger partial charge in [0.25, 0.3) is 0 Å². The van der Waals surface area contributed by atoms with E-state index in [-0.39, 0.29) is 24.0 Å². The molecular formula is C21H23F3N6O2. The minimum Gasteiger partial charge on any atom is -0.406 e. The van der Waals surface area contributed by atoms with Gasteiger partial charge in [-0.15, -0.1) is 18.3 Å².